The van der Waals surface area contributed by atoms with E-state index in [1.807, 2.05) is 0 Å². The molecular weight excluding hydrogens is 307 g/mol. The van der Waals surface area contributed by atoms with Gasteiger partial charge in [-0.1, -0.05) is 12.2 Å². The third-order valence-corrected chi connectivity index (χ3v) is 2.69. The van der Waals surface area contributed by atoms with Crippen LogP contribution >= 0.6 is 15.9 Å². The number of hydrogen-bond donors (Lipinski definition) is 0. The molecule has 0 bridgehead atoms. The second-order valence-corrected chi connectivity index (χ2v) is 4.34. The molecule has 0 N–H and O–H groups in total. The minimum absolute atomic E-state index is 0.0577. The van der Waals surface area contributed by atoms with Crippen molar-refractivity contribution in [1.29, 1.82) is 0 Å². The zero-order valence-electron chi connectivity index (χ0n) is 9.00. The molecule has 0 saturated heterocycles. The van der Waals surface area contributed by atoms with Crippen molar-refractivity contribution in [2.24, 2.45) is 0 Å². The number of rotatable bonds is 2. The highest BCUT2D eigenvalue weighted by Gasteiger charge is 2.03. The summed E-state index contributed by atoms with van der Waals surface area (Å²) in [5.74, 6) is -1.65. The van der Waals surface area contributed by atoms with Gasteiger partial charge in [-0.05, 0) is 40.2 Å². The zero-order valence-corrected chi connectivity index (χ0v) is 10.6. The Morgan fingerprint density at radius 3 is 2.33 bits per heavy atom. The number of nitrogens with zero attached hydrogens (tertiary/aromatic N) is 1. The van der Waals surface area contributed by atoms with Crippen LogP contribution in [-0.4, -0.2) is 4.98 Å². The Bertz CT molecular complexity index is 558. The van der Waals surface area contributed by atoms with Gasteiger partial charge in [-0.25, -0.2) is 18.2 Å². The van der Waals surface area contributed by atoms with E-state index in [2.05, 4.69) is 20.9 Å². The molecule has 0 aliphatic heterocycles. The maximum atomic E-state index is 13.3. The van der Waals surface area contributed by atoms with Crippen molar-refractivity contribution < 1.29 is 13.2 Å². The Hall–Kier alpha value is -1.62. The molecule has 2 aromatic rings. The van der Waals surface area contributed by atoms with Crippen molar-refractivity contribution in [2.45, 2.75) is 0 Å². The summed E-state index contributed by atoms with van der Waals surface area (Å²) >= 11 is 3.10. The number of benzene rings is 1. The Morgan fingerprint density at radius 1 is 0.944 bits per heavy atom. The lowest BCUT2D eigenvalue weighted by atomic mass is 10.1. The van der Waals surface area contributed by atoms with Gasteiger partial charge in [0.15, 0.2) is 0 Å². The van der Waals surface area contributed by atoms with Crippen molar-refractivity contribution in [1.82, 2.24) is 4.98 Å². The summed E-state index contributed by atoms with van der Waals surface area (Å²) in [7, 11) is 0. The molecule has 0 amide bonds. The van der Waals surface area contributed by atoms with Crippen LogP contribution in [0.15, 0.2) is 35.1 Å². The molecule has 0 fully saturated rings. The van der Waals surface area contributed by atoms with E-state index in [0.717, 1.165) is 24.4 Å². The highest BCUT2D eigenvalue weighted by Crippen LogP contribution is 2.17. The monoisotopic (exact) mass is 313 g/mol. The molecule has 0 unspecified atom stereocenters. The minimum Gasteiger partial charge on any atom is -0.246 e. The third-order valence-electron chi connectivity index (χ3n) is 2.25. The molecule has 1 aromatic heterocycles. The molecule has 0 spiro atoms. The predicted molar refractivity (Wildman–Crippen MR) is 67.2 cm³/mol. The Morgan fingerprint density at radius 2 is 1.61 bits per heavy atom. The standard InChI is InChI=1S/C13H7BrF3N/c14-13-6-9(12(17)7-18-13)2-1-8-5-10(15)3-4-11(8)16/h1-7H/b2-1+. The van der Waals surface area contributed by atoms with E-state index in [9.17, 15) is 13.2 Å². The average molecular weight is 314 g/mol. The normalized spacial score (nSPS) is 11.1. The van der Waals surface area contributed by atoms with Crippen LogP contribution < -0.4 is 0 Å². The number of hydrogen-bond acceptors (Lipinski definition) is 1. The Labute approximate surface area is 110 Å². The Kier molecular flexibility index (Phi) is 3.81. The fourth-order valence-electron chi connectivity index (χ4n) is 1.38. The Balaban J connectivity index is 2.35. The second-order valence-electron chi connectivity index (χ2n) is 3.53. The van der Waals surface area contributed by atoms with Crippen LogP contribution in [-0.2, 0) is 0 Å². The smallest absolute Gasteiger partial charge is 0.148 e. The van der Waals surface area contributed by atoms with Crippen LogP contribution in [0.5, 0.6) is 0 Å². The van der Waals surface area contributed by atoms with Gasteiger partial charge in [0.1, 0.15) is 22.1 Å². The van der Waals surface area contributed by atoms with E-state index in [4.69, 9.17) is 0 Å². The second kappa shape index (κ2) is 5.35. The van der Waals surface area contributed by atoms with Crippen LogP contribution in [0.25, 0.3) is 12.2 Å². The highest BCUT2D eigenvalue weighted by atomic mass is 79.9. The summed E-state index contributed by atoms with van der Waals surface area (Å²) < 4.78 is 40.1. The molecule has 1 aromatic carbocycles. The molecule has 5 heteroatoms. The van der Waals surface area contributed by atoms with E-state index >= 15 is 0 Å². The van der Waals surface area contributed by atoms with Crippen molar-refractivity contribution in [3.8, 4) is 0 Å². The molecule has 0 saturated carbocycles. The van der Waals surface area contributed by atoms with Gasteiger partial charge in [0.25, 0.3) is 0 Å². The van der Waals surface area contributed by atoms with E-state index in [0.29, 0.717) is 4.60 Å². The quantitative estimate of drug-likeness (QED) is 0.747. The minimum atomic E-state index is -0.568. The first-order valence-corrected chi connectivity index (χ1v) is 5.80. The van der Waals surface area contributed by atoms with E-state index < -0.39 is 17.5 Å². The molecular formula is C13H7BrF3N. The summed E-state index contributed by atoms with van der Waals surface area (Å²) in [5, 5.41) is 0. The lowest BCUT2D eigenvalue weighted by Gasteiger charge is -1.99. The zero-order chi connectivity index (χ0) is 13.1. The maximum Gasteiger partial charge on any atom is 0.148 e. The van der Waals surface area contributed by atoms with E-state index in [1.54, 1.807) is 0 Å². The first kappa shape index (κ1) is 12.8. The summed E-state index contributed by atoms with van der Waals surface area (Å²) in [5.41, 5.74) is 0.294. The topological polar surface area (TPSA) is 12.9 Å². The van der Waals surface area contributed by atoms with Crippen molar-refractivity contribution in [2.75, 3.05) is 0 Å². The number of halogens is 4. The van der Waals surface area contributed by atoms with Crippen LogP contribution in [0.3, 0.4) is 0 Å². The van der Waals surface area contributed by atoms with Gasteiger partial charge >= 0.3 is 0 Å². The van der Waals surface area contributed by atoms with Gasteiger partial charge in [-0.15, -0.1) is 0 Å². The molecule has 0 radical (unpaired) electrons. The molecule has 2 rings (SSSR count). The van der Waals surface area contributed by atoms with Gasteiger partial charge in [-0.3, -0.25) is 0 Å². The molecule has 0 atom stereocenters. The summed E-state index contributed by atoms with van der Waals surface area (Å²) in [6.07, 6.45) is 3.72. The maximum absolute atomic E-state index is 13.3. The van der Waals surface area contributed by atoms with Gasteiger partial charge in [0.05, 0.1) is 6.20 Å². The van der Waals surface area contributed by atoms with Gasteiger partial charge in [0, 0.05) is 11.1 Å². The lowest BCUT2D eigenvalue weighted by molar-refractivity contribution is 0.598. The molecule has 18 heavy (non-hydrogen) atoms. The molecule has 1 nitrogen and oxygen atoms in total. The first-order chi connectivity index (χ1) is 8.56. The fourth-order valence-corrected chi connectivity index (χ4v) is 1.73. The number of aromatic nitrogens is 1. The first-order valence-electron chi connectivity index (χ1n) is 5.00. The lowest BCUT2D eigenvalue weighted by Crippen LogP contribution is -1.87. The fraction of sp³-hybridized carbons (Fsp3) is 0. The highest BCUT2D eigenvalue weighted by molar-refractivity contribution is 9.10. The van der Waals surface area contributed by atoms with Crippen LogP contribution in [0.2, 0.25) is 0 Å². The molecule has 0 aliphatic rings. The van der Waals surface area contributed by atoms with Crippen molar-refractivity contribution in [3.05, 3.63) is 63.6 Å². The summed E-state index contributed by atoms with van der Waals surface area (Å²) in [6.45, 7) is 0. The summed E-state index contributed by atoms with van der Waals surface area (Å²) in [6, 6.07) is 4.53. The molecule has 1 heterocycles. The molecule has 0 aliphatic carbocycles. The number of pyridine rings is 1. The van der Waals surface area contributed by atoms with E-state index in [1.165, 1.54) is 18.2 Å². The SMILES string of the molecule is Fc1ccc(F)c(/C=C/c2cc(Br)ncc2F)c1. The van der Waals surface area contributed by atoms with Crippen LogP contribution in [0.1, 0.15) is 11.1 Å². The average Bonchev–Trinajstić information content (AvgIpc) is 2.34. The summed E-state index contributed by atoms with van der Waals surface area (Å²) in [4.78, 5) is 3.70. The largest absolute Gasteiger partial charge is 0.246 e. The van der Waals surface area contributed by atoms with Crippen molar-refractivity contribution in [3.63, 3.8) is 0 Å². The van der Waals surface area contributed by atoms with Crippen LogP contribution in [0.4, 0.5) is 13.2 Å². The van der Waals surface area contributed by atoms with Gasteiger partial charge in [-0.2, -0.15) is 0 Å². The van der Waals surface area contributed by atoms with E-state index in [-0.39, 0.29) is 11.1 Å². The predicted octanol–water partition coefficient (Wildman–Crippen LogP) is 4.43. The van der Waals surface area contributed by atoms with Gasteiger partial charge < -0.3 is 0 Å². The van der Waals surface area contributed by atoms with Gasteiger partial charge in [0.2, 0.25) is 0 Å². The van der Waals surface area contributed by atoms with Crippen LogP contribution in [0, 0.1) is 17.5 Å². The molecule has 92 valence electrons. The van der Waals surface area contributed by atoms with Crippen molar-refractivity contribution >= 4 is 28.1 Å². The third kappa shape index (κ3) is 2.98.